The fraction of sp³-hybridized carbons (Fsp3) is 0.500. The monoisotopic (exact) mass is 283 g/mol. The van der Waals surface area contributed by atoms with E-state index in [0.29, 0.717) is 6.04 Å². The summed E-state index contributed by atoms with van der Waals surface area (Å²) in [5.74, 6) is 0.872. The number of benzene rings is 1. The first-order valence-electron chi connectivity index (χ1n) is 7.99. The van der Waals surface area contributed by atoms with E-state index in [0.717, 1.165) is 23.8 Å². The zero-order valence-corrected chi connectivity index (χ0v) is 13.3. The molecular formula is C18H25N3. The van der Waals surface area contributed by atoms with Gasteiger partial charge in [-0.2, -0.15) is 5.10 Å². The van der Waals surface area contributed by atoms with E-state index in [1.807, 2.05) is 6.07 Å². The smallest absolute Gasteiger partial charge is 0.0648 e. The molecule has 0 bridgehead atoms. The molecule has 1 fully saturated rings. The minimum Gasteiger partial charge on any atom is -0.310 e. The highest BCUT2D eigenvalue weighted by molar-refractivity contribution is 5.36. The number of nitrogens with one attached hydrogen (secondary N) is 1. The first-order valence-corrected chi connectivity index (χ1v) is 7.99. The van der Waals surface area contributed by atoms with Crippen LogP contribution in [0.4, 0.5) is 0 Å². The third kappa shape index (κ3) is 3.03. The van der Waals surface area contributed by atoms with Gasteiger partial charge in [0.05, 0.1) is 11.4 Å². The molecule has 1 aliphatic rings. The van der Waals surface area contributed by atoms with Crippen LogP contribution in [0.2, 0.25) is 0 Å². The Morgan fingerprint density at radius 2 is 1.95 bits per heavy atom. The van der Waals surface area contributed by atoms with Gasteiger partial charge in [0.1, 0.15) is 0 Å². The van der Waals surface area contributed by atoms with E-state index in [9.17, 15) is 0 Å². The Kier molecular flexibility index (Phi) is 4.11. The van der Waals surface area contributed by atoms with Crippen molar-refractivity contribution in [2.75, 3.05) is 0 Å². The second kappa shape index (κ2) is 6.02. The van der Waals surface area contributed by atoms with E-state index in [4.69, 9.17) is 5.10 Å². The summed E-state index contributed by atoms with van der Waals surface area (Å²) in [6.45, 7) is 7.56. The molecule has 2 aromatic rings. The van der Waals surface area contributed by atoms with Crippen molar-refractivity contribution in [3.8, 4) is 5.69 Å². The normalized spacial score (nSPS) is 21.9. The molecule has 2 atom stereocenters. The van der Waals surface area contributed by atoms with Crippen LogP contribution in [-0.4, -0.2) is 15.8 Å². The van der Waals surface area contributed by atoms with Crippen LogP contribution in [0.1, 0.15) is 43.1 Å². The Balaban J connectivity index is 1.76. The van der Waals surface area contributed by atoms with Crippen LogP contribution in [0.5, 0.6) is 0 Å². The average molecular weight is 283 g/mol. The van der Waals surface area contributed by atoms with E-state index in [1.54, 1.807) is 0 Å². The lowest BCUT2D eigenvalue weighted by molar-refractivity contribution is 0.501. The van der Waals surface area contributed by atoms with Crippen LogP contribution in [0.25, 0.3) is 5.69 Å². The van der Waals surface area contributed by atoms with E-state index in [-0.39, 0.29) is 0 Å². The van der Waals surface area contributed by atoms with Crippen molar-refractivity contribution in [1.82, 2.24) is 15.1 Å². The minimum atomic E-state index is 0.680. The molecule has 3 rings (SSSR count). The lowest BCUT2D eigenvalue weighted by Gasteiger charge is -2.12. The van der Waals surface area contributed by atoms with Crippen LogP contribution < -0.4 is 5.32 Å². The van der Waals surface area contributed by atoms with Gasteiger partial charge in [-0.05, 0) is 51.2 Å². The molecule has 1 N–H and O–H groups in total. The van der Waals surface area contributed by atoms with Crippen LogP contribution in [0.3, 0.4) is 0 Å². The molecule has 1 saturated carbocycles. The number of hydrogen-bond acceptors (Lipinski definition) is 2. The van der Waals surface area contributed by atoms with E-state index in [1.165, 1.54) is 30.5 Å². The van der Waals surface area contributed by atoms with E-state index in [2.05, 4.69) is 55.0 Å². The van der Waals surface area contributed by atoms with Gasteiger partial charge >= 0.3 is 0 Å². The predicted octanol–water partition coefficient (Wildman–Crippen LogP) is 3.77. The van der Waals surface area contributed by atoms with Crippen molar-refractivity contribution in [3.05, 3.63) is 47.3 Å². The van der Waals surface area contributed by atoms with Crippen LogP contribution in [-0.2, 0) is 6.54 Å². The SMILES string of the molecule is Cc1nn(-c2ccccc2)c(C)c1CNC1CCC(C)C1. The average Bonchev–Trinajstić information content (AvgIpc) is 3.02. The quantitative estimate of drug-likeness (QED) is 0.925. The van der Waals surface area contributed by atoms with Gasteiger partial charge in [-0.25, -0.2) is 4.68 Å². The highest BCUT2D eigenvalue weighted by Gasteiger charge is 2.21. The van der Waals surface area contributed by atoms with Crippen LogP contribution >= 0.6 is 0 Å². The van der Waals surface area contributed by atoms with Gasteiger partial charge < -0.3 is 5.32 Å². The Labute approximate surface area is 127 Å². The van der Waals surface area contributed by atoms with Crippen molar-refractivity contribution < 1.29 is 0 Å². The number of aromatic nitrogens is 2. The fourth-order valence-corrected chi connectivity index (χ4v) is 3.39. The number of para-hydroxylation sites is 1. The van der Waals surface area contributed by atoms with Crippen LogP contribution in [0.15, 0.2) is 30.3 Å². The Morgan fingerprint density at radius 3 is 2.62 bits per heavy atom. The molecule has 112 valence electrons. The van der Waals surface area contributed by atoms with Gasteiger partial charge in [-0.1, -0.05) is 25.1 Å². The van der Waals surface area contributed by atoms with Crippen molar-refractivity contribution >= 4 is 0 Å². The van der Waals surface area contributed by atoms with Crippen LogP contribution in [0, 0.1) is 19.8 Å². The summed E-state index contributed by atoms with van der Waals surface area (Å²) in [6, 6.07) is 11.1. The Bertz CT molecular complexity index is 600. The number of aryl methyl sites for hydroxylation is 1. The highest BCUT2D eigenvalue weighted by Crippen LogP contribution is 2.25. The maximum Gasteiger partial charge on any atom is 0.0648 e. The van der Waals surface area contributed by atoms with Gasteiger partial charge in [0.2, 0.25) is 0 Å². The highest BCUT2D eigenvalue weighted by atomic mass is 15.3. The molecule has 3 nitrogen and oxygen atoms in total. The first-order chi connectivity index (χ1) is 10.1. The van der Waals surface area contributed by atoms with Crippen molar-refractivity contribution in [3.63, 3.8) is 0 Å². The number of nitrogens with zero attached hydrogens (tertiary/aromatic N) is 2. The molecule has 1 aromatic carbocycles. The van der Waals surface area contributed by atoms with Crippen molar-refractivity contribution in [1.29, 1.82) is 0 Å². The molecule has 0 amide bonds. The Hall–Kier alpha value is -1.61. The summed E-state index contributed by atoms with van der Waals surface area (Å²) < 4.78 is 2.06. The van der Waals surface area contributed by atoms with Gasteiger partial charge in [-0.3, -0.25) is 0 Å². The maximum atomic E-state index is 4.72. The minimum absolute atomic E-state index is 0.680. The molecule has 0 saturated heterocycles. The molecule has 21 heavy (non-hydrogen) atoms. The van der Waals surface area contributed by atoms with Gasteiger partial charge in [-0.15, -0.1) is 0 Å². The van der Waals surface area contributed by atoms with E-state index < -0.39 is 0 Å². The standard InChI is InChI=1S/C18H25N3/c1-13-9-10-16(11-13)19-12-18-14(2)20-21(15(18)3)17-7-5-4-6-8-17/h4-8,13,16,19H,9-12H2,1-3H3. The first kappa shape index (κ1) is 14.3. The lowest BCUT2D eigenvalue weighted by atomic mass is 10.1. The molecule has 1 heterocycles. The second-order valence-corrected chi connectivity index (χ2v) is 6.39. The number of hydrogen-bond donors (Lipinski definition) is 1. The molecule has 1 aliphatic carbocycles. The maximum absolute atomic E-state index is 4.72. The van der Waals surface area contributed by atoms with Gasteiger partial charge in [0.25, 0.3) is 0 Å². The summed E-state index contributed by atoms with van der Waals surface area (Å²) in [7, 11) is 0. The molecule has 0 spiro atoms. The van der Waals surface area contributed by atoms with Crippen molar-refractivity contribution in [2.24, 2.45) is 5.92 Å². The largest absolute Gasteiger partial charge is 0.310 e. The third-order valence-corrected chi connectivity index (χ3v) is 4.70. The van der Waals surface area contributed by atoms with Gasteiger partial charge in [0, 0.05) is 23.8 Å². The second-order valence-electron chi connectivity index (χ2n) is 6.39. The summed E-state index contributed by atoms with van der Waals surface area (Å²) in [4.78, 5) is 0. The molecule has 1 aromatic heterocycles. The third-order valence-electron chi connectivity index (χ3n) is 4.70. The van der Waals surface area contributed by atoms with Crippen molar-refractivity contribution in [2.45, 2.75) is 52.6 Å². The summed E-state index contributed by atoms with van der Waals surface area (Å²) >= 11 is 0. The predicted molar refractivity (Wildman–Crippen MR) is 86.7 cm³/mol. The number of rotatable bonds is 4. The summed E-state index contributed by atoms with van der Waals surface area (Å²) in [6.07, 6.45) is 3.98. The summed E-state index contributed by atoms with van der Waals surface area (Å²) in [5, 5.41) is 8.44. The zero-order chi connectivity index (χ0) is 14.8. The zero-order valence-electron chi connectivity index (χ0n) is 13.3. The molecule has 2 unspecified atom stereocenters. The van der Waals surface area contributed by atoms with E-state index >= 15 is 0 Å². The van der Waals surface area contributed by atoms with Gasteiger partial charge in [0.15, 0.2) is 0 Å². The topological polar surface area (TPSA) is 29.9 Å². The summed E-state index contributed by atoms with van der Waals surface area (Å²) in [5.41, 5.74) is 4.87. The molecule has 0 radical (unpaired) electrons. The molecule has 0 aliphatic heterocycles. The lowest BCUT2D eigenvalue weighted by Crippen LogP contribution is -2.26. The molecular weight excluding hydrogens is 258 g/mol. The molecule has 3 heteroatoms. The fourth-order valence-electron chi connectivity index (χ4n) is 3.39. The Morgan fingerprint density at radius 1 is 1.19 bits per heavy atom.